The van der Waals surface area contributed by atoms with Crippen LogP contribution in [-0.4, -0.2) is 34.6 Å². The summed E-state index contributed by atoms with van der Waals surface area (Å²) in [5, 5.41) is 0. The average Bonchev–Trinajstić information content (AvgIpc) is 2.68. The topological polar surface area (TPSA) is 180 Å². The van der Waals surface area contributed by atoms with Gasteiger partial charge < -0.3 is 11.5 Å². The van der Waals surface area contributed by atoms with Crippen LogP contribution in [0, 0.1) is 0 Å². The molecule has 0 spiro atoms. The number of nitrogens with zero attached hydrogens (tertiary/aromatic N) is 3. The zero-order valence-electron chi connectivity index (χ0n) is 15.6. The number of anilines is 2. The number of sulfonamides is 1. The normalized spacial score (nSPS) is 11.1. The number of benzene rings is 1. The molecule has 3 rings (SSSR count). The monoisotopic (exact) mass is 428 g/mol. The van der Waals surface area contributed by atoms with Crippen LogP contribution in [0.3, 0.4) is 0 Å². The maximum Gasteiger partial charge on any atom is 0.267 e. The number of hydrogen-bond acceptors (Lipinski definition) is 8. The van der Waals surface area contributed by atoms with Crippen LogP contribution >= 0.6 is 0 Å². The third-order valence-corrected chi connectivity index (χ3v) is 5.42. The minimum absolute atomic E-state index is 0.109. The first kappa shape index (κ1) is 20.7. The van der Waals surface area contributed by atoms with Crippen LogP contribution in [0.25, 0.3) is 5.69 Å². The molecule has 0 aliphatic heterocycles. The lowest BCUT2D eigenvalue weighted by atomic mass is 10.1. The number of ketones is 1. The second kappa shape index (κ2) is 7.75. The van der Waals surface area contributed by atoms with Crippen molar-refractivity contribution in [2.45, 2.75) is 11.8 Å². The Balaban J connectivity index is 2.08. The van der Waals surface area contributed by atoms with Crippen molar-refractivity contribution in [3.8, 4) is 5.69 Å². The largest absolute Gasteiger partial charge is 0.384 e. The van der Waals surface area contributed by atoms with Crippen LogP contribution in [-0.2, 0) is 10.0 Å². The Morgan fingerprint density at radius 3 is 2.20 bits per heavy atom. The summed E-state index contributed by atoms with van der Waals surface area (Å²) in [6, 6.07) is 7.61. The van der Waals surface area contributed by atoms with Crippen LogP contribution in [0.15, 0.2) is 58.5 Å². The summed E-state index contributed by atoms with van der Waals surface area (Å²) in [7, 11) is -4.00. The zero-order chi connectivity index (χ0) is 22.1. The van der Waals surface area contributed by atoms with E-state index in [4.69, 9.17) is 11.5 Å². The highest BCUT2D eigenvalue weighted by Gasteiger charge is 2.20. The van der Waals surface area contributed by atoms with E-state index < -0.39 is 27.3 Å². The van der Waals surface area contributed by atoms with E-state index in [1.807, 2.05) is 0 Å². The number of nitrogens with two attached hydrogens (primary N) is 2. The van der Waals surface area contributed by atoms with Gasteiger partial charge in [-0.3, -0.25) is 19.0 Å². The highest BCUT2D eigenvalue weighted by atomic mass is 32.2. The standard InChI is InChI=1S/C18H16N6O5S/c1-10(25)13-9-14(16(20)26)15(19)24(17(13)27)11-3-5-12(6-4-11)30(28,29)23-18-21-7-2-8-22-18/h2-9H,19H2,1H3,(H2,20,26)(H,21,22,23). The summed E-state index contributed by atoms with van der Waals surface area (Å²) in [5.41, 5.74) is 10.1. The number of pyridine rings is 1. The number of rotatable bonds is 6. The highest BCUT2D eigenvalue weighted by molar-refractivity contribution is 7.92. The second-order valence-corrected chi connectivity index (χ2v) is 7.77. The average molecular weight is 428 g/mol. The van der Waals surface area contributed by atoms with Crippen molar-refractivity contribution < 1.29 is 18.0 Å². The van der Waals surface area contributed by atoms with Crippen LogP contribution in [0.5, 0.6) is 0 Å². The van der Waals surface area contributed by atoms with Gasteiger partial charge in [-0.15, -0.1) is 0 Å². The van der Waals surface area contributed by atoms with E-state index in [1.165, 1.54) is 42.7 Å². The number of nitrogen functional groups attached to an aromatic ring is 1. The first-order valence-corrected chi connectivity index (χ1v) is 9.86. The number of hydrogen-bond donors (Lipinski definition) is 3. The van der Waals surface area contributed by atoms with Gasteiger partial charge >= 0.3 is 0 Å². The van der Waals surface area contributed by atoms with Crippen molar-refractivity contribution in [2.75, 3.05) is 10.5 Å². The lowest BCUT2D eigenvalue weighted by Gasteiger charge is -2.14. The van der Waals surface area contributed by atoms with E-state index in [9.17, 15) is 22.8 Å². The maximum atomic E-state index is 12.7. The molecule has 0 aliphatic rings. The summed E-state index contributed by atoms with van der Waals surface area (Å²) in [6.07, 6.45) is 2.75. The van der Waals surface area contributed by atoms with E-state index in [-0.39, 0.29) is 33.5 Å². The molecule has 0 atom stereocenters. The first-order chi connectivity index (χ1) is 14.1. The van der Waals surface area contributed by atoms with Crippen molar-refractivity contribution >= 4 is 33.5 Å². The highest BCUT2D eigenvalue weighted by Crippen LogP contribution is 2.20. The molecule has 0 saturated heterocycles. The fourth-order valence-electron chi connectivity index (χ4n) is 2.64. The molecule has 2 heterocycles. The molecule has 1 aromatic carbocycles. The molecule has 12 heteroatoms. The third-order valence-electron chi connectivity index (χ3n) is 4.08. The van der Waals surface area contributed by atoms with E-state index in [0.717, 1.165) is 17.6 Å². The second-order valence-electron chi connectivity index (χ2n) is 6.09. The van der Waals surface area contributed by atoms with Crippen molar-refractivity contribution in [3.05, 3.63) is 70.3 Å². The Bertz CT molecular complexity index is 1300. The van der Waals surface area contributed by atoms with Gasteiger partial charge in [0, 0.05) is 12.4 Å². The van der Waals surface area contributed by atoms with Crippen molar-refractivity contribution in [3.63, 3.8) is 0 Å². The molecule has 5 N–H and O–H groups in total. The fourth-order valence-corrected chi connectivity index (χ4v) is 3.60. The van der Waals surface area contributed by atoms with Gasteiger partial charge in [0.25, 0.3) is 21.5 Å². The molecule has 3 aromatic rings. The SMILES string of the molecule is CC(=O)c1cc(C(N)=O)c(N)n(-c2ccc(S(=O)(=O)Nc3ncccn3)cc2)c1=O. The molecular formula is C18H16N6O5S. The Hall–Kier alpha value is -4.06. The van der Waals surface area contributed by atoms with Crippen molar-refractivity contribution in [2.24, 2.45) is 5.73 Å². The predicted octanol–water partition coefficient (Wildman–Crippen LogP) is 0.312. The number of carbonyl (C=O) groups is 2. The summed E-state index contributed by atoms with van der Waals surface area (Å²) in [5.74, 6) is -1.89. The minimum atomic E-state index is -4.00. The van der Waals surface area contributed by atoms with E-state index >= 15 is 0 Å². The van der Waals surface area contributed by atoms with Crippen LogP contribution in [0.4, 0.5) is 11.8 Å². The molecule has 0 fully saturated rings. The minimum Gasteiger partial charge on any atom is -0.384 e. The van der Waals surface area contributed by atoms with E-state index in [2.05, 4.69) is 14.7 Å². The van der Waals surface area contributed by atoms with E-state index in [1.54, 1.807) is 0 Å². The summed E-state index contributed by atoms with van der Waals surface area (Å²) in [4.78, 5) is 43.6. The number of amides is 1. The van der Waals surface area contributed by atoms with Crippen molar-refractivity contribution in [1.29, 1.82) is 0 Å². The number of aromatic nitrogens is 3. The van der Waals surface area contributed by atoms with Gasteiger partial charge in [0.05, 0.1) is 21.7 Å². The molecule has 0 bridgehead atoms. The Labute approximate surface area is 170 Å². The Kier molecular flexibility index (Phi) is 5.34. The third kappa shape index (κ3) is 3.89. The summed E-state index contributed by atoms with van der Waals surface area (Å²) < 4.78 is 28.1. The molecule has 0 saturated carbocycles. The van der Waals surface area contributed by atoms with Gasteiger partial charge in [0.1, 0.15) is 5.82 Å². The molecule has 1 amide bonds. The van der Waals surface area contributed by atoms with Gasteiger partial charge in [0.15, 0.2) is 5.78 Å². The van der Waals surface area contributed by atoms with Gasteiger partial charge in [-0.1, -0.05) is 0 Å². The molecule has 2 aromatic heterocycles. The van der Waals surface area contributed by atoms with Gasteiger partial charge in [-0.05, 0) is 43.3 Å². The number of carbonyl (C=O) groups excluding carboxylic acids is 2. The Morgan fingerprint density at radius 2 is 1.67 bits per heavy atom. The van der Waals surface area contributed by atoms with E-state index in [0.29, 0.717) is 0 Å². The number of primary amides is 1. The van der Waals surface area contributed by atoms with Crippen LogP contribution in [0.1, 0.15) is 27.6 Å². The van der Waals surface area contributed by atoms with Crippen LogP contribution < -0.4 is 21.7 Å². The number of Topliss-reactive ketones (excluding diaryl/α,β-unsaturated/α-hetero) is 1. The quantitative estimate of drug-likeness (QED) is 0.469. The predicted molar refractivity (Wildman–Crippen MR) is 108 cm³/mol. The maximum absolute atomic E-state index is 12.7. The molecule has 11 nitrogen and oxygen atoms in total. The lowest BCUT2D eigenvalue weighted by molar-refractivity contribution is 0.100. The first-order valence-electron chi connectivity index (χ1n) is 8.38. The molecule has 154 valence electrons. The zero-order valence-corrected chi connectivity index (χ0v) is 16.4. The molecule has 30 heavy (non-hydrogen) atoms. The molecule has 0 radical (unpaired) electrons. The summed E-state index contributed by atoms with van der Waals surface area (Å²) in [6.45, 7) is 1.16. The molecular weight excluding hydrogens is 412 g/mol. The fraction of sp³-hybridized carbons (Fsp3) is 0.0556. The van der Waals surface area contributed by atoms with Gasteiger partial charge in [0.2, 0.25) is 5.95 Å². The van der Waals surface area contributed by atoms with Gasteiger partial charge in [-0.25, -0.2) is 23.1 Å². The van der Waals surface area contributed by atoms with Crippen molar-refractivity contribution in [1.82, 2.24) is 14.5 Å². The lowest BCUT2D eigenvalue weighted by Crippen LogP contribution is -2.30. The smallest absolute Gasteiger partial charge is 0.267 e. The Morgan fingerprint density at radius 1 is 1.07 bits per heavy atom. The van der Waals surface area contributed by atoms with Crippen LogP contribution in [0.2, 0.25) is 0 Å². The number of nitrogens with one attached hydrogen (secondary N) is 1. The van der Waals surface area contributed by atoms with Gasteiger partial charge in [-0.2, -0.15) is 0 Å². The molecule has 0 aliphatic carbocycles. The molecule has 0 unspecified atom stereocenters. The summed E-state index contributed by atoms with van der Waals surface area (Å²) >= 11 is 0.